The number of carbonyl (C=O) groups is 1. The standard InChI is InChI=1S/C13H13BrN2O4S/c1-8-3-4-9(2)16(8)15-21(19,20)12-7-10(13(17)18)5-6-11(12)14/h3-7,15H,1-2H3,(H,17,18). The molecule has 8 heteroatoms. The summed E-state index contributed by atoms with van der Waals surface area (Å²) in [6.07, 6.45) is 0. The zero-order valence-electron chi connectivity index (χ0n) is 11.3. The number of rotatable bonds is 4. The molecule has 0 saturated heterocycles. The lowest BCUT2D eigenvalue weighted by atomic mass is 10.2. The number of nitrogens with one attached hydrogen (secondary N) is 1. The average Bonchev–Trinajstić information content (AvgIpc) is 2.70. The number of halogens is 1. The summed E-state index contributed by atoms with van der Waals surface area (Å²) in [7, 11) is -3.91. The highest BCUT2D eigenvalue weighted by Gasteiger charge is 2.21. The fourth-order valence-electron chi connectivity index (χ4n) is 1.82. The van der Waals surface area contributed by atoms with E-state index in [4.69, 9.17) is 5.11 Å². The molecule has 1 aromatic carbocycles. The van der Waals surface area contributed by atoms with Gasteiger partial charge in [-0.15, -0.1) is 0 Å². The van der Waals surface area contributed by atoms with Gasteiger partial charge in [-0.1, -0.05) is 0 Å². The van der Waals surface area contributed by atoms with Gasteiger partial charge in [0, 0.05) is 15.9 Å². The number of carboxylic acid groups (broad SMARTS) is 1. The molecule has 0 aliphatic carbocycles. The molecule has 0 amide bonds. The van der Waals surface area contributed by atoms with E-state index in [2.05, 4.69) is 20.8 Å². The molecule has 0 aliphatic rings. The molecule has 0 radical (unpaired) electrons. The number of aromatic carboxylic acids is 1. The van der Waals surface area contributed by atoms with Gasteiger partial charge in [0.2, 0.25) is 0 Å². The second-order valence-electron chi connectivity index (χ2n) is 4.50. The average molecular weight is 373 g/mol. The minimum absolute atomic E-state index is 0.0977. The van der Waals surface area contributed by atoms with E-state index in [0.717, 1.165) is 17.5 Å². The predicted octanol–water partition coefficient (Wildman–Crippen LogP) is 2.50. The van der Waals surface area contributed by atoms with Gasteiger partial charge in [0.25, 0.3) is 10.0 Å². The number of benzene rings is 1. The van der Waals surface area contributed by atoms with E-state index >= 15 is 0 Å². The van der Waals surface area contributed by atoms with Crippen LogP contribution >= 0.6 is 15.9 Å². The molecule has 112 valence electrons. The molecule has 2 N–H and O–H groups in total. The van der Waals surface area contributed by atoms with E-state index in [9.17, 15) is 13.2 Å². The predicted molar refractivity (Wildman–Crippen MR) is 81.6 cm³/mol. The van der Waals surface area contributed by atoms with Crippen LogP contribution in [0.3, 0.4) is 0 Å². The van der Waals surface area contributed by atoms with Crippen LogP contribution in [0.4, 0.5) is 0 Å². The molecule has 0 atom stereocenters. The van der Waals surface area contributed by atoms with E-state index in [1.807, 2.05) is 0 Å². The van der Waals surface area contributed by atoms with E-state index in [-0.39, 0.29) is 10.5 Å². The molecule has 0 fully saturated rings. The van der Waals surface area contributed by atoms with Crippen molar-refractivity contribution in [3.63, 3.8) is 0 Å². The minimum Gasteiger partial charge on any atom is -0.478 e. The highest BCUT2D eigenvalue weighted by atomic mass is 79.9. The summed E-state index contributed by atoms with van der Waals surface area (Å²) in [6.45, 7) is 3.52. The topological polar surface area (TPSA) is 88.4 Å². The maximum absolute atomic E-state index is 12.4. The zero-order chi connectivity index (χ0) is 15.8. The van der Waals surface area contributed by atoms with Crippen LogP contribution in [0.1, 0.15) is 21.7 Å². The summed E-state index contributed by atoms with van der Waals surface area (Å²) >= 11 is 3.14. The maximum atomic E-state index is 12.4. The van der Waals surface area contributed by atoms with Crippen LogP contribution in [0.25, 0.3) is 0 Å². The number of aromatic nitrogens is 1. The van der Waals surface area contributed by atoms with Crippen LogP contribution in [0.5, 0.6) is 0 Å². The summed E-state index contributed by atoms with van der Waals surface area (Å²) in [5.41, 5.74) is 1.35. The molecular formula is C13H13BrN2O4S. The summed E-state index contributed by atoms with van der Waals surface area (Å²) in [4.78, 5) is 13.3. The van der Waals surface area contributed by atoms with Crippen molar-refractivity contribution in [2.45, 2.75) is 18.7 Å². The minimum atomic E-state index is -3.91. The summed E-state index contributed by atoms with van der Waals surface area (Å²) in [5.74, 6) is -1.19. The fraction of sp³-hybridized carbons (Fsp3) is 0.154. The van der Waals surface area contributed by atoms with Crippen molar-refractivity contribution in [2.75, 3.05) is 4.83 Å². The van der Waals surface area contributed by atoms with Crippen LogP contribution in [-0.2, 0) is 10.0 Å². The number of hydrogen-bond acceptors (Lipinski definition) is 3. The van der Waals surface area contributed by atoms with Crippen molar-refractivity contribution in [3.05, 3.63) is 51.8 Å². The van der Waals surface area contributed by atoms with Crippen LogP contribution in [0.2, 0.25) is 0 Å². The van der Waals surface area contributed by atoms with Crippen molar-refractivity contribution in [2.24, 2.45) is 0 Å². The van der Waals surface area contributed by atoms with Crippen LogP contribution < -0.4 is 4.83 Å². The second-order valence-corrected chi connectivity index (χ2v) is 6.98. The normalized spacial score (nSPS) is 11.4. The summed E-state index contributed by atoms with van der Waals surface area (Å²) < 4.78 is 26.6. The highest BCUT2D eigenvalue weighted by molar-refractivity contribution is 9.10. The van der Waals surface area contributed by atoms with Gasteiger partial charge in [-0.05, 0) is 60.1 Å². The van der Waals surface area contributed by atoms with Gasteiger partial charge in [-0.2, -0.15) is 8.42 Å². The Hall–Kier alpha value is -1.80. The van der Waals surface area contributed by atoms with Crippen molar-refractivity contribution >= 4 is 31.9 Å². The molecule has 1 aromatic heterocycles. The van der Waals surface area contributed by atoms with Crippen LogP contribution in [0, 0.1) is 13.8 Å². The van der Waals surface area contributed by atoms with Crippen molar-refractivity contribution in [1.29, 1.82) is 0 Å². The molecule has 0 saturated carbocycles. The highest BCUT2D eigenvalue weighted by Crippen LogP contribution is 2.24. The molecular weight excluding hydrogens is 360 g/mol. The van der Waals surface area contributed by atoms with Gasteiger partial charge < -0.3 is 5.11 Å². The number of nitrogens with zero attached hydrogens (tertiary/aromatic N) is 1. The Bertz CT molecular complexity index is 792. The SMILES string of the molecule is Cc1ccc(C)n1NS(=O)(=O)c1cc(C(=O)O)ccc1Br. The van der Waals surface area contributed by atoms with Gasteiger partial charge in [-0.3, -0.25) is 4.68 Å². The summed E-state index contributed by atoms with van der Waals surface area (Å²) in [5, 5.41) is 8.98. The molecule has 2 aromatic rings. The van der Waals surface area contributed by atoms with Gasteiger partial charge >= 0.3 is 5.97 Å². The first-order valence-electron chi connectivity index (χ1n) is 5.93. The fourth-order valence-corrected chi connectivity index (χ4v) is 3.94. The smallest absolute Gasteiger partial charge is 0.335 e. The van der Waals surface area contributed by atoms with E-state index in [1.54, 1.807) is 26.0 Å². The van der Waals surface area contributed by atoms with E-state index < -0.39 is 16.0 Å². The Balaban J connectivity index is 2.49. The van der Waals surface area contributed by atoms with Gasteiger partial charge in [0.05, 0.1) is 5.56 Å². The zero-order valence-corrected chi connectivity index (χ0v) is 13.7. The van der Waals surface area contributed by atoms with Crippen molar-refractivity contribution in [3.8, 4) is 0 Å². The third kappa shape index (κ3) is 3.11. The number of aryl methyl sites for hydroxylation is 2. The Morgan fingerprint density at radius 1 is 1.19 bits per heavy atom. The quantitative estimate of drug-likeness (QED) is 0.862. The third-order valence-corrected chi connectivity index (χ3v) is 5.24. The third-order valence-electron chi connectivity index (χ3n) is 2.95. The number of sulfonamides is 1. The lowest BCUT2D eigenvalue weighted by Crippen LogP contribution is -2.25. The van der Waals surface area contributed by atoms with Gasteiger partial charge in [0.1, 0.15) is 4.90 Å². The Kier molecular flexibility index (Phi) is 4.11. The summed E-state index contributed by atoms with van der Waals surface area (Å²) in [6, 6.07) is 7.40. The maximum Gasteiger partial charge on any atom is 0.335 e. The molecule has 21 heavy (non-hydrogen) atoms. The molecule has 0 bridgehead atoms. The van der Waals surface area contributed by atoms with Crippen LogP contribution in [0.15, 0.2) is 39.7 Å². The largest absolute Gasteiger partial charge is 0.478 e. The van der Waals surface area contributed by atoms with Gasteiger partial charge in [0.15, 0.2) is 0 Å². The molecule has 2 rings (SSSR count). The molecule has 0 spiro atoms. The Labute approximate surface area is 130 Å². The molecule has 0 unspecified atom stereocenters. The lowest BCUT2D eigenvalue weighted by molar-refractivity contribution is 0.0696. The van der Waals surface area contributed by atoms with Crippen LogP contribution in [-0.4, -0.2) is 24.2 Å². The first-order valence-corrected chi connectivity index (χ1v) is 8.20. The molecule has 0 aliphatic heterocycles. The van der Waals surface area contributed by atoms with Gasteiger partial charge in [-0.25, -0.2) is 9.63 Å². The van der Waals surface area contributed by atoms with E-state index in [1.165, 1.54) is 16.8 Å². The first-order chi connectivity index (χ1) is 9.72. The Morgan fingerprint density at radius 2 is 1.76 bits per heavy atom. The molecule has 6 nitrogen and oxygen atoms in total. The second kappa shape index (κ2) is 5.53. The number of hydrogen-bond donors (Lipinski definition) is 2. The van der Waals surface area contributed by atoms with E-state index in [0.29, 0.717) is 4.47 Å². The monoisotopic (exact) mass is 372 g/mol. The van der Waals surface area contributed by atoms with Crippen molar-refractivity contribution in [1.82, 2.24) is 4.68 Å². The van der Waals surface area contributed by atoms with Crippen molar-refractivity contribution < 1.29 is 18.3 Å². The number of carboxylic acids is 1. The molecule has 1 heterocycles. The lowest BCUT2D eigenvalue weighted by Gasteiger charge is -2.14. The first kappa shape index (κ1) is 15.6. The Morgan fingerprint density at radius 3 is 2.29 bits per heavy atom.